The van der Waals surface area contributed by atoms with Crippen LogP contribution in [0.25, 0.3) is 5.69 Å². The van der Waals surface area contributed by atoms with E-state index in [9.17, 15) is 9.90 Å². The third-order valence-electron chi connectivity index (χ3n) is 3.11. The smallest absolute Gasteiger partial charge is 0.271 e. The molecular weight excluding hydrogens is 325 g/mol. The van der Waals surface area contributed by atoms with Crippen molar-refractivity contribution in [2.24, 2.45) is 0 Å². The molecule has 1 atom stereocenters. The van der Waals surface area contributed by atoms with Crippen molar-refractivity contribution in [1.29, 1.82) is 0 Å². The van der Waals surface area contributed by atoms with Crippen molar-refractivity contribution in [3.8, 4) is 5.69 Å². The lowest BCUT2D eigenvalue weighted by Crippen LogP contribution is -2.27. The van der Waals surface area contributed by atoms with E-state index in [2.05, 4.69) is 10.4 Å². The zero-order chi connectivity index (χ0) is 16.3. The van der Waals surface area contributed by atoms with Crippen LogP contribution in [0.15, 0.2) is 24.3 Å². The first-order valence-corrected chi connectivity index (χ1v) is 7.62. The standard InChI is InChI=1S/C15H17Cl2N3O2/c1-9-7-13(15(22)18-6-5-10(2)21)19-20(9)14-4-3-11(16)8-12(14)17/h3-4,7-8,10,21H,5-6H2,1-2H3,(H,18,22). The minimum atomic E-state index is -0.451. The molecule has 1 amide bonds. The molecular formula is C15H17Cl2N3O2. The van der Waals surface area contributed by atoms with E-state index in [1.54, 1.807) is 35.9 Å². The predicted molar refractivity (Wildman–Crippen MR) is 87.0 cm³/mol. The van der Waals surface area contributed by atoms with Crippen LogP contribution in [-0.2, 0) is 0 Å². The molecule has 0 saturated heterocycles. The Morgan fingerprint density at radius 2 is 2.14 bits per heavy atom. The summed E-state index contributed by atoms with van der Waals surface area (Å²) in [7, 11) is 0. The van der Waals surface area contributed by atoms with Gasteiger partial charge in [0.1, 0.15) is 0 Å². The number of rotatable bonds is 5. The molecule has 2 aromatic rings. The van der Waals surface area contributed by atoms with Gasteiger partial charge in [0.2, 0.25) is 0 Å². The van der Waals surface area contributed by atoms with E-state index in [0.717, 1.165) is 5.69 Å². The van der Waals surface area contributed by atoms with Gasteiger partial charge in [0.25, 0.3) is 5.91 Å². The molecule has 1 heterocycles. The van der Waals surface area contributed by atoms with Crippen LogP contribution in [0.3, 0.4) is 0 Å². The summed E-state index contributed by atoms with van der Waals surface area (Å²) in [6.07, 6.45) is 0.0431. The van der Waals surface area contributed by atoms with Crippen LogP contribution in [0.5, 0.6) is 0 Å². The number of nitrogens with zero attached hydrogens (tertiary/aromatic N) is 2. The number of nitrogens with one attached hydrogen (secondary N) is 1. The Morgan fingerprint density at radius 1 is 1.41 bits per heavy atom. The van der Waals surface area contributed by atoms with Gasteiger partial charge in [0.15, 0.2) is 5.69 Å². The monoisotopic (exact) mass is 341 g/mol. The lowest BCUT2D eigenvalue weighted by atomic mass is 10.3. The first kappa shape index (κ1) is 16.8. The highest BCUT2D eigenvalue weighted by atomic mass is 35.5. The van der Waals surface area contributed by atoms with Crippen LogP contribution in [0.2, 0.25) is 10.0 Å². The zero-order valence-electron chi connectivity index (χ0n) is 12.3. The highest BCUT2D eigenvalue weighted by Crippen LogP contribution is 2.25. The number of aryl methyl sites for hydroxylation is 1. The Kier molecular flexibility index (Phi) is 5.45. The van der Waals surface area contributed by atoms with Gasteiger partial charge >= 0.3 is 0 Å². The van der Waals surface area contributed by atoms with Crippen molar-refractivity contribution >= 4 is 29.1 Å². The second-order valence-electron chi connectivity index (χ2n) is 5.07. The van der Waals surface area contributed by atoms with Crippen LogP contribution in [0.4, 0.5) is 0 Å². The van der Waals surface area contributed by atoms with Crippen LogP contribution >= 0.6 is 23.2 Å². The second-order valence-corrected chi connectivity index (χ2v) is 5.92. The number of aliphatic hydroxyl groups is 1. The van der Waals surface area contributed by atoms with E-state index in [4.69, 9.17) is 23.2 Å². The lowest BCUT2D eigenvalue weighted by Gasteiger charge is -2.07. The number of carbonyl (C=O) groups excluding carboxylic acids is 1. The minimum absolute atomic E-state index is 0.285. The molecule has 0 fully saturated rings. The van der Waals surface area contributed by atoms with E-state index in [1.807, 2.05) is 6.92 Å². The Bertz CT molecular complexity index is 683. The fourth-order valence-electron chi connectivity index (χ4n) is 1.97. The molecule has 2 rings (SSSR count). The van der Waals surface area contributed by atoms with E-state index in [1.165, 1.54) is 0 Å². The summed E-state index contributed by atoms with van der Waals surface area (Å²) in [5.74, 6) is -0.285. The molecule has 0 saturated carbocycles. The van der Waals surface area contributed by atoms with E-state index in [-0.39, 0.29) is 5.91 Å². The Balaban J connectivity index is 2.19. The average molecular weight is 342 g/mol. The summed E-state index contributed by atoms with van der Waals surface area (Å²) in [5.41, 5.74) is 1.74. The predicted octanol–water partition coefficient (Wildman–Crippen LogP) is 2.99. The quantitative estimate of drug-likeness (QED) is 0.878. The molecule has 0 bridgehead atoms. The molecule has 1 unspecified atom stereocenters. The van der Waals surface area contributed by atoms with Gasteiger partial charge < -0.3 is 10.4 Å². The van der Waals surface area contributed by atoms with Gasteiger partial charge in [-0.25, -0.2) is 4.68 Å². The van der Waals surface area contributed by atoms with Gasteiger partial charge in [-0.15, -0.1) is 0 Å². The van der Waals surface area contributed by atoms with Gasteiger partial charge in [0.05, 0.1) is 16.8 Å². The van der Waals surface area contributed by atoms with Crippen LogP contribution in [0.1, 0.15) is 29.5 Å². The summed E-state index contributed by atoms with van der Waals surface area (Å²) in [4.78, 5) is 12.0. The highest BCUT2D eigenvalue weighted by Gasteiger charge is 2.14. The van der Waals surface area contributed by atoms with Gasteiger partial charge in [-0.2, -0.15) is 5.10 Å². The minimum Gasteiger partial charge on any atom is -0.393 e. The first-order chi connectivity index (χ1) is 10.4. The normalized spacial score (nSPS) is 12.2. The fraction of sp³-hybridized carbons (Fsp3) is 0.333. The van der Waals surface area contributed by atoms with E-state index in [0.29, 0.717) is 34.4 Å². The number of benzene rings is 1. The first-order valence-electron chi connectivity index (χ1n) is 6.87. The van der Waals surface area contributed by atoms with Crippen molar-refractivity contribution in [3.05, 3.63) is 45.7 Å². The number of hydrogen-bond acceptors (Lipinski definition) is 3. The maximum atomic E-state index is 12.0. The molecule has 0 radical (unpaired) electrons. The Hall–Kier alpha value is -1.56. The van der Waals surface area contributed by atoms with Crippen molar-refractivity contribution in [3.63, 3.8) is 0 Å². The maximum Gasteiger partial charge on any atom is 0.271 e. The van der Waals surface area contributed by atoms with Crippen LogP contribution in [-0.4, -0.2) is 33.4 Å². The number of aliphatic hydroxyl groups excluding tert-OH is 1. The summed E-state index contributed by atoms with van der Waals surface area (Å²) < 4.78 is 1.60. The summed E-state index contributed by atoms with van der Waals surface area (Å²) in [5, 5.41) is 17.2. The molecule has 0 aliphatic heterocycles. The molecule has 5 nitrogen and oxygen atoms in total. The van der Waals surface area contributed by atoms with E-state index >= 15 is 0 Å². The highest BCUT2D eigenvalue weighted by molar-refractivity contribution is 6.35. The van der Waals surface area contributed by atoms with Crippen LogP contribution in [0, 0.1) is 6.92 Å². The molecule has 2 N–H and O–H groups in total. The molecule has 0 spiro atoms. The number of carbonyl (C=O) groups is 1. The third kappa shape index (κ3) is 4.00. The van der Waals surface area contributed by atoms with E-state index < -0.39 is 6.10 Å². The molecule has 0 aliphatic carbocycles. The molecule has 118 valence electrons. The molecule has 1 aromatic carbocycles. The van der Waals surface area contributed by atoms with Crippen LogP contribution < -0.4 is 5.32 Å². The number of amides is 1. The van der Waals surface area contributed by atoms with Gasteiger partial charge in [0, 0.05) is 17.3 Å². The number of aromatic nitrogens is 2. The van der Waals surface area contributed by atoms with Crippen molar-refractivity contribution < 1.29 is 9.90 Å². The molecule has 22 heavy (non-hydrogen) atoms. The largest absolute Gasteiger partial charge is 0.393 e. The summed E-state index contributed by atoms with van der Waals surface area (Å²) >= 11 is 12.1. The van der Waals surface area contributed by atoms with Crippen molar-refractivity contribution in [2.45, 2.75) is 26.4 Å². The lowest BCUT2D eigenvalue weighted by molar-refractivity contribution is 0.0940. The number of halogens is 2. The second kappa shape index (κ2) is 7.13. The Morgan fingerprint density at radius 3 is 2.77 bits per heavy atom. The number of hydrogen-bond donors (Lipinski definition) is 2. The fourth-order valence-corrected chi connectivity index (χ4v) is 2.46. The van der Waals surface area contributed by atoms with Gasteiger partial charge in [-0.3, -0.25) is 4.79 Å². The SMILES string of the molecule is Cc1cc(C(=O)NCCC(C)O)nn1-c1ccc(Cl)cc1Cl. The average Bonchev–Trinajstić information content (AvgIpc) is 2.80. The third-order valence-corrected chi connectivity index (χ3v) is 3.64. The van der Waals surface area contributed by atoms with Gasteiger partial charge in [-0.05, 0) is 44.5 Å². The summed E-state index contributed by atoms with van der Waals surface area (Å²) in [6, 6.07) is 6.77. The zero-order valence-corrected chi connectivity index (χ0v) is 13.8. The van der Waals surface area contributed by atoms with Crippen molar-refractivity contribution in [1.82, 2.24) is 15.1 Å². The topological polar surface area (TPSA) is 67.2 Å². The summed E-state index contributed by atoms with van der Waals surface area (Å²) in [6.45, 7) is 3.90. The maximum absolute atomic E-state index is 12.0. The van der Waals surface area contributed by atoms with Crippen molar-refractivity contribution in [2.75, 3.05) is 6.54 Å². The molecule has 1 aromatic heterocycles. The Labute approximate surface area is 138 Å². The molecule has 0 aliphatic rings. The van der Waals surface area contributed by atoms with Gasteiger partial charge in [-0.1, -0.05) is 23.2 Å². The molecule has 7 heteroatoms.